The third-order valence-electron chi connectivity index (χ3n) is 3.82. The van der Waals surface area contributed by atoms with E-state index < -0.39 is 0 Å². The number of nitrogens with zero attached hydrogens (tertiary/aromatic N) is 1. The molecule has 1 aliphatic heterocycles. The molecule has 1 N–H and O–H groups in total. The van der Waals surface area contributed by atoms with E-state index >= 15 is 0 Å². The molecule has 84 valence electrons. The molecule has 2 heterocycles. The van der Waals surface area contributed by atoms with E-state index in [1.54, 1.807) is 0 Å². The van der Waals surface area contributed by atoms with E-state index in [0.717, 1.165) is 13.0 Å². The van der Waals surface area contributed by atoms with E-state index in [0.29, 0.717) is 0 Å². The number of benzene rings is 2. The van der Waals surface area contributed by atoms with Crippen LogP contribution < -0.4 is 10.1 Å². The fourth-order valence-electron chi connectivity index (χ4n) is 2.97. The first-order valence-electron chi connectivity index (χ1n) is 6.08. The number of rotatable bonds is 0. The van der Waals surface area contributed by atoms with Crippen LogP contribution in [0.15, 0.2) is 30.5 Å². The smallest absolute Gasteiger partial charge is 0.0466 e. The number of nitrogens with one attached hydrogen (secondary N) is 1. The minimum Gasteiger partial charge on any atom is -0.374 e. The van der Waals surface area contributed by atoms with Gasteiger partial charge < -0.3 is 9.88 Å². The van der Waals surface area contributed by atoms with Crippen molar-refractivity contribution in [2.24, 2.45) is 0 Å². The first-order valence-corrected chi connectivity index (χ1v) is 6.08. The van der Waals surface area contributed by atoms with Crippen molar-refractivity contribution in [3.05, 3.63) is 35.7 Å². The Labute approximate surface area is 99.5 Å². The van der Waals surface area contributed by atoms with Crippen molar-refractivity contribution >= 4 is 33.4 Å². The van der Waals surface area contributed by atoms with Crippen molar-refractivity contribution in [2.75, 3.05) is 18.5 Å². The van der Waals surface area contributed by atoms with Gasteiger partial charge in [0.1, 0.15) is 0 Å². The normalized spacial score (nSPS) is 15.2. The van der Waals surface area contributed by atoms with Gasteiger partial charge in [-0.2, -0.15) is 0 Å². The maximum absolute atomic E-state index is 3.35. The molecule has 1 aromatic heterocycles. The second kappa shape index (κ2) is 3.04. The van der Waals surface area contributed by atoms with Gasteiger partial charge in [0.2, 0.25) is 0 Å². The summed E-state index contributed by atoms with van der Waals surface area (Å²) in [6.07, 6.45) is 5.62. The fourth-order valence-corrected chi connectivity index (χ4v) is 2.97. The van der Waals surface area contributed by atoms with E-state index in [2.05, 4.69) is 53.5 Å². The summed E-state index contributed by atoms with van der Waals surface area (Å²) in [5, 5.41) is 5.47. The quantitative estimate of drug-likeness (QED) is 0.619. The second-order valence-electron chi connectivity index (χ2n) is 4.83. The topological polar surface area (TPSA) is 19.0 Å². The van der Waals surface area contributed by atoms with Crippen LogP contribution in [0.1, 0.15) is 6.42 Å². The lowest BCUT2D eigenvalue weighted by molar-refractivity contribution is 0.899. The molecule has 4 rings (SSSR count). The molecule has 0 amide bonds. The third-order valence-corrected chi connectivity index (χ3v) is 3.82. The van der Waals surface area contributed by atoms with Crippen LogP contribution >= 0.6 is 0 Å². The molecule has 0 unspecified atom stereocenters. The Morgan fingerprint density at radius 1 is 1.29 bits per heavy atom. The largest absolute Gasteiger partial charge is 0.374 e. The Balaban J connectivity index is 2.31. The van der Waals surface area contributed by atoms with Crippen LogP contribution in [0.25, 0.3) is 27.8 Å². The van der Waals surface area contributed by atoms with E-state index in [1.165, 1.54) is 32.6 Å². The molecule has 0 saturated heterocycles. The number of H-pyrrole nitrogens is 1. The highest BCUT2D eigenvalue weighted by Crippen LogP contribution is 2.28. The van der Waals surface area contributed by atoms with Gasteiger partial charge in [0.05, 0.1) is 0 Å². The highest BCUT2D eigenvalue weighted by atomic mass is 15.1. The van der Waals surface area contributed by atoms with Crippen LogP contribution in [0.5, 0.6) is 0 Å². The monoisotopic (exact) mass is 222 g/mol. The number of aromatic amines is 1. The Morgan fingerprint density at radius 2 is 2.24 bits per heavy atom. The molecule has 1 aliphatic rings. The van der Waals surface area contributed by atoms with E-state index in [9.17, 15) is 0 Å². The summed E-state index contributed by atoms with van der Waals surface area (Å²) in [4.78, 5) is 5.71. The maximum Gasteiger partial charge on any atom is 0.0466 e. The number of anilines is 1. The molecule has 0 spiro atoms. The lowest BCUT2D eigenvalue weighted by Crippen LogP contribution is -2.28. The standard InChI is InChI=1S/C15H14N2/c1-17-7-3-5-11-12-4-2-6-13-15(12)10(9-16-13)8-14(11)17/h2,4-6,8-9,16H,3,7H2,1H3. The van der Waals surface area contributed by atoms with Crippen molar-refractivity contribution in [1.82, 2.24) is 4.98 Å². The summed E-state index contributed by atoms with van der Waals surface area (Å²) in [6.45, 7) is 1.12. The molecule has 2 aromatic carbocycles. The number of fused-ring (bicyclic) bond motifs is 2. The van der Waals surface area contributed by atoms with Crippen molar-refractivity contribution in [1.29, 1.82) is 0 Å². The van der Waals surface area contributed by atoms with Gasteiger partial charge >= 0.3 is 0 Å². The third kappa shape index (κ3) is 1.10. The minimum absolute atomic E-state index is 1.12. The molecule has 2 nitrogen and oxygen atoms in total. The Hall–Kier alpha value is -1.96. The summed E-state index contributed by atoms with van der Waals surface area (Å²) in [6, 6.07) is 8.82. The SMILES string of the molecule is CN1CCC=c2c1cc1c[nH]c3cccc2c13. The molecular weight excluding hydrogens is 208 g/mol. The maximum atomic E-state index is 3.35. The van der Waals surface area contributed by atoms with Crippen molar-refractivity contribution < 1.29 is 0 Å². The predicted molar refractivity (Wildman–Crippen MR) is 73.4 cm³/mol. The zero-order chi connectivity index (χ0) is 11.4. The van der Waals surface area contributed by atoms with E-state index in [1.807, 2.05) is 0 Å². The molecule has 0 radical (unpaired) electrons. The van der Waals surface area contributed by atoms with Gasteiger partial charge in [0, 0.05) is 47.0 Å². The zero-order valence-electron chi connectivity index (χ0n) is 9.83. The zero-order valence-corrected chi connectivity index (χ0v) is 9.83. The van der Waals surface area contributed by atoms with Crippen molar-refractivity contribution in [3.8, 4) is 0 Å². The molecule has 0 fully saturated rings. The van der Waals surface area contributed by atoms with Gasteiger partial charge in [-0.1, -0.05) is 18.2 Å². The predicted octanol–water partition coefficient (Wildman–Crippen LogP) is 2.66. The number of aromatic nitrogens is 1. The summed E-state index contributed by atoms with van der Waals surface area (Å²) in [5.74, 6) is 0. The highest BCUT2D eigenvalue weighted by Gasteiger charge is 2.13. The van der Waals surface area contributed by atoms with Crippen molar-refractivity contribution in [2.45, 2.75) is 6.42 Å². The highest BCUT2D eigenvalue weighted by molar-refractivity contribution is 6.11. The van der Waals surface area contributed by atoms with Gasteiger partial charge in [-0.15, -0.1) is 0 Å². The average molecular weight is 222 g/mol. The molecule has 3 aromatic rings. The Bertz CT molecular complexity index is 767. The van der Waals surface area contributed by atoms with Crippen LogP contribution in [-0.4, -0.2) is 18.6 Å². The Morgan fingerprint density at radius 3 is 3.18 bits per heavy atom. The summed E-state index contributed by atoms with van der Waals surface area (Å²) >= 11 is 0. The van der Waals surface area contributed by atoms with E-state index in [4.69, 9.17) is 0 Å². The number of hydrogen-bond acceptors (Lipinski definition) is 1. The molecule has 0 aliphatic carbocycles. The number of hydrogen-bond donors (Lipinski definition) is 1. The molecule has 17 heavy (non-hydrogen) atoms. The first kappa shape index (κ1) is 9.11. The second-order valence-corrected chi connectivity index (χ2v) is 4.83. The lowest BCUT2D eigenvalue weighted by Gasteiger charge is -2.24. The summed E-state index contributed by atoms with van der Waals surface area (Å²) in [5.41, 5.74) is 2.60. The fraction of sp³-hybridized carbons (Fsp3) is 0.200. The molecule has 0 saturated carbocycles. The molecule has 0 atom stereocenters. The van der Waals surface area contributed by atoms with Crippen LogP contribution in [0, 0.1) is 0 Å². The molecule has 0 bridgehead atoms. The van der Waals surface area contributed by atoms with Gasteiger partial charge in [0.25, 0.3) is 0 Å². The molecule has 2 heteroatoms. The van der Waals surface area contributed by atoms with Gasteiger partial charge in [-0.25, -0.2) is 0 Å². The van der Waals surface area contributed by atoms with Crippen LogP contribution in [-0.2, 0) is 0 Å². The molecular formula is C15H14N2. The minimum atomic E-state index is 1.12. The van der Waals surface area contributed by atoms with Crippen molar-refractivity contribution in [3.63, 3.8) is 0 Å². The first-order chi connectivity index (χ1) is 8.34. The van der Waals surface area contributed by atoms with Gasteiger partial charge in [-0.05, 0) is 23.9 Å². The summed E-state index contributed by atoms with van der Waals surface area (Å²) < 4.78 is 0. The van der Waals surface area contributed by atoms with Crippen LogP contribution in [0.2, 0.25) is 0 Å². The van der Waals surface area contributed by atoms with Crippen LogP contribution in [0.4, 0.5) is 5.69 Å². The summed E-state index contributed by atoms with van der Waals surface area (Å²) in [7, 11) is 2.18. The van der Waals surface area contributed by atoms with E-state index in [-0.39, 0.29) is 0 Å². The lowest BCUT2D eigenvalue weighted by atomic mass is 10.0. The van der Waals surface area contributed by atoms with Gasteiger partial charge in [-0.3, -0.25) is 0 Å². The Kier molecular flexibility index (Phi) is 1.63. The van der Waals surface area contributed by atoms with Gasteiger partial charge in [0.15, 0.2) is 0 Å². The average Bonchev–Trinajstić information content (AvgIpc) is 2.76. The van der Waals surface area contributed by atoms with Crippen LogP contribution in [0.3, 0.4) is 0 Å².